The van der Waals surface area contributed by atoms with Crippen LogP contribution in [0, 0.1) is 0 Å². The molecule has 0 unspecified atom stereocenters. The molecule has 4 aromatic rings. The molecule has 0 aliphatic rings. The maximum atomic E-state index is 12.7. The second-order valence-corrected chi connectivity index (χ2v) is 8.16. The van der Waals surface area contributed by atoms with Gasteiger partial charge in [0.15, 0.2) is 0 Å². The molecule has 186 valence electrons. The van der Waals surface area contributed by atoms with Crippen molar-refractivity contribution in [1.82, 2.24) is 5.32 Å². The minimum absolute atomic E-state index is 0.209. The predicted octanol–water partition coefficient (Wildman–Crippen LogP) is 5.85. The maximum absolute atomic E-state index is 12.7. The van der Waals surface area contributed by atoms with Crippen LogP contribution in [0.3, 0.4) is 0 Å². The quantitative estimate of drug-likeness (QED) is 0.298. The number of benzene rings is 3. The van der Waals surface area contributed by atoms with Crippen LogP contribution in [0.1, 0.15) is 18.1 Å². The fraction of sp³-hybridized carbons (Fsp3) is 0.207. The van der Waals surface area contributed by atoms with Crippen LogP contribution in [-0.4, -0.2) is 34.3 Å². The summed E-state index contributed by atoms with van der Waals surface area (Å²) in [6, 6.07) is 17.0. The van der Waals surface area contributed by atoms with Crippen LogP contribution in [0.15, 0.2) is 71.4 Å². The van der Waals surface area contributed by atoms with Crippen LogP contribution in [0.2, 0.25) is 0 Å². The standard InChI is InChI=1S/C29H29NO6/c1-18(11-29(31)30-16-19-7-6-8-20(12-19)32-2)22-14-24-25(17-36-28(24)15-27(22)35-5)23-13-21(33-3)9-10-26(23)34-4/h6-15,17H,16H2,1-5H3,(H,30,31)/b18-11+. The van der Waals surface area contributed by atoms with Gasteiger partial charge in [-0.25, -0.2) is 0 Å². The fourth-order valence-electron chi connectivity index (χ4n) is 4.06. The Bertz CT molecular complexity index is 1420. The summed E-state index contributed by atoms with van der Waals surface area (Å²) >= 11 is 0. The van der Waals surface area contributed by atoms with Gasteiger partial charge in [-0.1, -0.05) is 12.1 Å². The lowest BCUT2D eigenvalue weighted by atomic mass is 9.98. The molecule has 36 heavy (non-hydrogen) atoms. The number of rotatable bonds is 9. The summed E-state index contributed by atoms with van der Waals surface area (Å²) in [6.45, 7) is 2.26. The number of hydrogen-bond donors (Lipinski definition) is 1. The van der Waals surface area contributed by atoms with Crippen molar-refractivity contribution in [2.45, 2.75) is 13.5 Å². The zero-order valence-electron chi connectivity index (χ0n) is 21.0. The molecule has 1 aromatic heterocycles. The Morgan fingerprint density at radius 3 is 2.33 bits per heavy atom. The largest absolute Gasteiger partial charge is 0.497 e. The average molecular weight is 488 g/mol. The molecular formula is C29H29NO6. The van der Waals surface area contributed by atoms with E-state index < -0.39 is 0 Å². The van der Waals surface area contributed by atoms with Crippen molar-refractivity contribution in [2.24, 2.45) is 0 Å². The molecule has 1 N–H and O–H groups in total. The normalized spacial score (nSPS) is 11.3. The summed E-state index contributed by atoms with van der Waals surface area (Å²) in [5.74, 6) is 2.54. The molecule has 3 aromatic carbocycles. The SMILES string of the molecule is COc1cccc(CNC(=O)/C=C(\C)c2cc3c(-c4cc(OC)ccc4OC)coc3cc2OC)c1. The molecule has 7 heteroatoms. The number of methoxy groups -OCH3 is 4. The van der Waals surface area contributed by atoms with E-state index in [9.17, 15) is 4.79 Å². The Morgan fingerprint density at radius 2 is 1.61 bits per heavy atom. The van der Waals surface area contributed by atoms with Crippen LogP contribution in [0.5, 0.6) is 23.0 Å². The number of ether oxygens (including phenoxy) is 4. The van der Waals surface area contributed by atoms with Crippen LogP contribution in [0.25, 0.3) is 27.7 Å². The molecule has 0 radical (unpaired) electrons. The van der Waals surface area contributed by atoms with Gasteiger partial charge < -0.3 is 28.7 Å². The smallest absolute Gasteiger partial charge is 0.244 e. The molecule has 0 saturated heterocycles. The molecule has 0 atom stereocenters. The summed E-state index contributed by atoms with van der Waals surface area (Å²) < 4.78 is 27.7. The zero-order valence-corrected chi connectivity index (χ0v) is 21.0. The topological polar surface area (TPSA) is 79.2 Å². The lowest BCUT2D eigenvalue weighted by molar-refractivity contribution is -0.116. The minimum Gasteiger partial charge on any atom is -0.497 e. The van der Waals surface area contributed by atoms with E-state index in [1.807, 2.05) is 61.5 Å². The second kappa shape index (κ2) is 10.9. The van der Waals surface area contributed by atoms with Gasteiger partial charge in [-0.2, -0.15) is 0 Å². The van der Waals surface area contributed by atoms with Crippen molar-refractivity contribution in [3.63, 3.8) is 0 Å². The summed E-state index contributed by atoms with van der Waals surface area (Å²) in [5, 5.41) is 3.79. The van der Waals surface area contributed by atoms with Crippen molar-refractivity contribution in [1.29, 1.82) is 0 Å². The third-order valence-corrected chi connectivity index (χ3v) is 5.97. The first-order valence-corrected chi connectivity index (χ1v) is 11.4. The molecular weight excluding hydrogens is 458 g/mol. The lowest BCUT2D eigenvalue weighted by Crippen LogP contribution is -2.20. The van der Waals surface area contributed by atoms with E-state index >= 15 is 0 Å². The van der Waals surface area contributed by atoms with E-state index in [0.717, 1.165) is 39.0 Å². The number of carbonyl (C=O) groups excluding carboxylic acids is 1. The highest BCUT2D eigenvalue weighted by Crippen LogP contribution is 2.41. The van der Waals surface area contributed by atoms with E-state index in [0.29, 0.717) is 29.4 Å². The van der Waals surface area contributed by atoms with Crippen LogP contribution >= 0.6 is 0 Å². The highest BCUT2D eigenvalue weighted by Gasteiger charge is 2.18. The molecule has 1 amide bonds. The summed E-state index contributed by atoms with van der Waals surface area (Å²) in [6.07, 6.45) is 3.25. The maximum Gasteiger partial charge on any atom is 0.244 e. The number of allylic oxidation sites excluding steroid dienone is 1. The number of amides is 1. The molecule has 7 nitrogen and oxygen atoms in total. The average Bonchev–Trinajstić information content (AvgIpc) is 3.33. The lowest BCUT2D eigenvalue weighted by Gasteiger charge is -2.12. The van der Waals surface area contributed by atoms with Crippen molar-refractivity contribution >= 4 is 22.4 Å². The van der Waals surface area contributed by atoms with Gasteiger partial charge in [0.2, 0.25) is 5.91 Å². The van der Waals surface area contributed by atoms with Crippen LogP contribution in [-0.2, 0) is 11.3 Å². The van der Waals surface area contributed by atoms with Gasteiger partial charge in [0.25, 0.3) is 0 Å². The number of carbonyl (C=O) groups is 1. The van der Waals surface area contributed by atoms with E-state index in [-0.39, 0.29) is 5.91 Å². The Morgan fingerprint density at radius 1 is 0.861 bits per heavy atom. The summed E-state index contributed by atoms with van der Waals surface area (Å²) in [5.41, 5.74) is 4.82. The monoisotopic (exact) mass is 487 g/mol. The van der Waals surface area contributed by atoms with Gasteiger partial charge in [0, 0.05) is 40.8 Å². The summed E-state index contributed by atoms with van der Waals surface area (Å²) in [4.78, 5) is 12.7. The first-order valence-electron chi connectivity index (χ1n) is 11.4. The van der Waals surface area contributed by atoms with Gasteiger partial charge in [-0.05, 0) is 54.5 Å². The number of fused-ring (bicyclic) bond motifs is 1. The van der Waals surface area contributed by atoms with Crippen molar-refractivity contribution < 1.29 is 28.2 Å². The van der Waals surface area contributed by atoms with Gasteiger partial charge >= 0.3 is 0 Å². The van der Waals surface area contributed by atoms with Gasteiger partial charge in [0.1, 0.15) is 28.6 Å². The fourth-order valence-corrected chi connectivity index (χ4v) is 4.06. The van der Waals surface area contributed by atoms with Crippen LogP contribution < -0.4 is 24.3 Å². The van der Waals surface area contributed by atoms with Gasteiger partial charge in [0.05, 0.1) is 34.7 Å². The number of hydrogen-bond acceptors (Lipinski definition) is 6. The second-order valence-electron chi connectivity index (χ2n) is 8.16. The molecule has 4 rings (SSSR count). The Balaban J connectivity index is 1.67. The van der Waals surface area contributed by atoms with E-state index in [4.69, 9.17) is 23.4 Å². The Labute approximate surface area is 210 Å². The third-order valence-electron chi connectivity index (χ3n) is 5.97. The first-order chi connectivity index (χ1) is 17.5. The molecule has 0 saturated carbocycles. The Hall–Kier alpha value is -4.39. The van der Waals surface area contributed by atoms with E-state index in [1.165, 1.54) is 0 Å². The number of nitrogens with one attached hydrogen (secondary N) is 1. The molecule has 0 bridgehead atoms. The van der Waals surface area contributed by atoms with Crippen molar-refractivity contribution in [3.8, 4) is 34.1 Å². The van der Waals surface area contributed by atoms with Crippen LogP contribution in [0.4, 0.5) is 0 Å². The van der Waals surface area contributed by atoms with Crippen molar-refractivity contribution in [2.75, 3.05) is 28.4 Å². The van der Waals surface area contributed by atoms with E-state index in [1.54, 1.807) is 40.8 Å². The predicted molar refractivity (Wildman–Crippen MR) is 140 cm³/mol. The molecule has 1 heterocycles. The minimum atomic E-state index is -0.209. The Kier molecular flexibility index (Phi) is 7.49. The van der Waals surface area contributed by atoms with Crippen molar-refractivity contribution in [3.05, 3.63) is 78.1 Å². The highest BCUT2D eigenvalue weighted by atomic mass is 16.5. The van der Waals surface area contributed by atoms with Gasteiger partial charge in [-0.3, -0.25) is 4.79 Å². The van der Waals surface area contributed by atoms with Gasteiger partial charge in [-0.15, -0.1) is 0 Å². The molecule has 0 fully saturated rings. The van der Waals surface area contributed by atoms with E-state index in [2.05, 4.69) is 5.32 Å². The highest BCUT2D eigenvalue weighted by molar-refractivity contribution is 6.01. The molecule has 0 aliphatic heterocycles. The number of furan rings is 1. The molecule has 0 aliphatic carbocycles. The first kappa shape index (κ1) is 24.7. The molecule has 0 spiro atoms. The summed E-state index contributed by atoms with van der Waals surface area (Å²) in [7, 11) is 6.45. The zero-order chi connectivity index (χ0) is 25.7. The third kappa shape index (κ3) is 5.15.